The number of halogens is 3. The van der Waals surface area contributed by atoms with Crippen molar-refractivity contribution in [1.29, 1.82) is 0 Å². The van der Waals surface area contributed by atoms with Gasteiger partial charge in [0.1, 0.15) is 0 Å². The number of fused-ring (bicyclic) bond motifs is 1. The summed E-state index contributed by atoms with van der Waals surface area (Å²) < 4.78 is 31.1. The van der Waals surface area contributed by atoms with Gasteiger partial charge < -0.3 is 16.0 Å². The molecule has 0 spiro atoms. The maximum atomic E-state index is 10.4. The van der Waals surface area contributed by atoms with Gasteiger partial charge in [-0.05, 0) is 31.0 Å². The van der Waals surface area contributed by atoms with Gasteiger partial charge in [-0.25, -0.2) is 9.97 Å². The van der Waals surface area contributed by atoms with Crippen LogP contribution in [-0.4, -0.2) is 46.3 Å². The third-order valence-electron chi connectivity index (χ3n) is 6.12. The van der Waals surface area contributed by atoms with Crippen LogP contribution in [0.25, 0.3) is 33.4 Å². The molecule has 2 aromatic heterocycles. The molecule has 2 atom stereocenters. The van der Waals surface area contributed by atoms with Gasteiger partial charge in [-0.15, -0.1) is 0 Å². The van der Waals surface area contributed by atoms with Crippen molar-refractivity contribution < 1.29 is 13.2 Å². The van der Waals surface area contributed by atoms with Crippen molar-refractivity contribution in [3.63, 3.8) is 0 Å². The van der Waals surface area contributed by atoms with Crippen molar-refractivity contribution >= 4 is 17.0 Å². The number of nitrogens with one attached hydrogen (secondary N) is 1. The minimum absolute atomic E-state index is 0.188. The maximum absolute atomic E-state index is 10.4. The molecule has 9 heteroatoms. The first-order chi connectivity index (χ1) is 17.6. The van der Waals surface area contributed by atoms with E-state index in [2.05, 4.69) is 66.5 Å². The Morgan fingerprint density at radius 1 is 1.00 bits per heavy atom. The molecule has 0 aliphatic carbocycles. The molecule has 3 heterocycles. The molecular formula is C28H31F3N6. The Morgan fingerprint density at radius 3 is 2.32 bits per heavy atom. The topological polar surface area (TPSA) is 80.0 Å². The minimum Gasteiger partial charge on any atom is -0.335 e. The van der Waals surface area contributed by atoms with Crippen LogP contribution < -0.4 is 16.0 Å². The molecule has 0 bridgehead atoms. The largest absolute Gasteiger partial charge is 0.386 e. The predicted molar refractivity (Wildman–Crippen MR) is 142 cm³/mol. The number of hydrogen-bond donors (Lipinski definition) is 2. The summed E-state index contributed by atoms with van der Waals surface area (Å²) in [7, 11) is 0. The lowest BCUT2D eigenvalue weighted by molar-refractivity contribution is -0.110. The summed E-state index contributed by atoms with van der Waals surface area (Å²) in [5.41, 5.74) is 11.8. The first kappa shape index (κ1) is 26.5. The van der Waals surface area contributed by atoms with Crippen LogP contribution in [0, 0.1) is 0 Å². The number of nitrogens with zero attached hydrogens (tertiary/aromatic N) is 4. The van der Waals surface area contributed by atoms with Gasteiger partial charge >= 0.3 is 6.18 Å². The Morgan fingerprint density at radius 2 is 1.68 bits per heavy atom. The second-order valence-electron chi connectivity index (χ2n) is 9.33. The standard InChI is InChI=1S/C26H28N6.C2H3F3/c1-17-16-32(18(2)14-28-17)26-29-15-22-12-23(20-6-4-3-5-7-20)24(30-25(22)31-26)21-10-8-19(13-27)9-11-21;1-2(3,4)5/h3-12,15,17-18,28H,13-14,16,27H2,1-2H3;1H3. The van der Waals surface area contributed by atoms with Crippen molar-refractivity contribution in [3.05, 3.63) is 72.4 Å². The van der Waals surface area contributed by atoms with E-state index in [4.69, 9.17) is 20.7 Å². The van der Waals surface area contributed by atoms with E-state index in [0.29, 0.717) is 24.3 Å². The number of anilines is 1. The molecule has 1 aliphatic heterocycles. The molecular weight excluding hydrogens is 477 g/mol. The zero-order valence-corrected chi connectivity index (χ0v) is 21.1. The Bertz CT molecular complexity index is 1320. The van der Waals surface area contributed by atoms with E-state index >= 15 is 0 Å². The molecule has 194 valence electrons. The van der Waals surface area contributed by atoms with Crippen LogP contribution in [-0.2, 0) is 6.54 Å². The summed E-state index contributed by atoms with van der Waals surface area (Å²) in [6.45, 7) is 6.89. The van der Waals surface area contributed by atoms with Gasteiger partial charge in [0, 0.05) is 61.4 Å². The van der Waals surface area contributed by atoms with Crippen LogP contribution in [0.4, 0.5) is 19.1 Å². The summed E-state index contributed by atoms with van der Waals surface area (Å²) in [6.07, 6.45) is -2.10. The molecule has 5 rings (SSSR count). The summed E-state index contributed by atoms with van der Waals surface area (Å²) in [5, 5.41) is 4.45. The summed E-state index contributed by atoms with van der Waals surface area (Å²) >= 11 is 0. The number of aromatic nitrogens is 3. The van der Waals surface area contributed by atoms with Gasteiger partial charge in [0.2, 0.25) is 5.95 Å². The summed E-state index contributed by atoms with van der Waals surface area (Å²) in [5.74, 6) is 0.739. The van der Waals surface area contributed by atoms with Crippen LogP contribution in [0.3, 0.4) is 0 Å². The van der Waals surface area contributed by atoms with Gasteiger partial charge in [-0.2, -0.15) is 18.2 Å². The van der Waals surface area contributed by atoms with Crippen molar-refractivity contribution in [3.8, 4) is 22.4 Å². The van der Waals surface area contributed by atoms with E-state index in [-0.39, 0.29) is 6.92 Å². The lowest BCUT2D eigenvalue weighted by Gasteiger charge is -2.37. The number of pyridine rings is 1. The molecule has 2 aromatic carbocycles. The molecule has 4 aromatic rings. The summed E-state index contributed by atoms with van der Waals surface area (Å²) in [4.78, 5) is 16.9. The molecule has 1 fully saturated rings. The highest BCUT2D eigenvalue weighted by atomic mass is 19.4. The van der Waals surface area contributed by atoms with Crippen LogP contribution >= 0.6 is 0 Å². The number of alkyl halides is 3. The number of rotatable bonds is 4. The van der Waals surface area contributed by atoms with Crippen molar-refractivity contribution in [1.82, 2.24) is 20.3 Å². The van der Waals surface area contributed by atoms with Crippen molar-refractivity contribution in [2.24, 2.45) is 5.73 Å². The highest BCUT2D eigenvalue weighted by Crippen LogP contribution is 2.33. The van der Waals surface area contributed by atoms with Gasteiger partial charge in [0.15, 0.2) is 5.65 Å². The monoisotopic (exact) mass is 508 g/mol. The van der Waals surface area contributed by atoms with Crippen LogP contribution in [0.15, 0.2) is 66.9 Å². The van der Waals surface area contributed by atoms with Crippen LogP contribution in [0.5, 0.6) is 0 Å². The molecule has 0 saturated carbocycles. The second-order valence-corrected chi connectivity index (χ2v) is 9.33. The average Bonchev–Trinajstić information content (AvgIpc) is 2.88. The molecule has 6 nitrogen and oxygen atoms in total. The first-order valence-corrected chi connectivity index (χ1v) is 12.2. The van der Waals surface area contributed by atoms with E-state index in [0.717, 1.165) is 52.4 Å². The molecule has 1 saturated heterocycles. The lowest BCUT2D eigenvalue weighted by atomic mass is 9.98. The molecule has 37 heavy (non-hydrogen) atoms. The zero-order valence-electron chi connectivity index (χ0n) is 21.1. The Kier molecular flexibility index (Phi) is 8.04. The molecule has 1 aliphatic rings. The number of hydrogen-bond acceptors (Lipinski definition) is 6. The SMILES string of the molecule is CC(F)(F)F.CC1CN(c2ncc3cc(-c4ccccc4)c(-c4ccc(CN)cc4)nc3n2)C(C)CN1. The summed E-state index contributed by atoms with van der Waals surface area (Å²) in [6, 6.07) is 21.5. The van der Waals surface area contributed by atoms with Gasteiger partial charge in [0.25, 0.3) is 0 Å². The molecule has 2 unspecified atom stereocenters. The normalized spacial score (nSPS) is 17.9. The van der Waals surface area contributed by atoms with E-state index in [1.807, 2.05) is 24.4 Å². The van der Waals surface area contributed by atoms with E-state index in [1.54, 1.807) is 0 Å². The quantitative estimate of drug-likeness (QED) is 0.375. The van der Waals surface area contributed by atoms with Gasteiger partial charge in [-0.1, -0.05) is 54.6 Å². The predicted octanol–water partition coefficient (Wildman–Crippen LogP) is 5.57. The zero-order chi connectivity index (χ0) is 26.6. The third kappa shape index (κ3) is 6.81. The van der Waals surface area contributed by atoms with Crippen LogP contribution in [0.1, 0.15) is 26.3 Å². The maximum Gasteiger partial charge on any atom is 0.386 e. The highest BCUT2D eigenvalue weighted by Gasteiger charge is 2.25. The van der Waals surface area contributed by atoms with Crippen molar-refractivity contribution in [2.75, 3.05) is 18.0 Å². The molecule has 3 N–H and O–H groups in total. The minimum atomic E-state index is -4.00. The number of nitrogens with two attached hydrogens (primary N) is 1. The molecule has 0 amide bonds. The van der Waals surface area contributed by atoms with E-state index < -0.39 is 6.18 Å². The first-order valence-electron chi connectivity index (χ1n) is 12.2. The Balaban J connectivity index is 0.000000586. The number of benzene rings is 2. The van der Waals surface area contributed by atoms with Crippen molar-refractivity contribution in [2.45, 2.75) is 45.6 Å². The van der Waals surface area contributed by atoms with E-state index in [1.165, 1.54) is 0 Å². The van der Waals surface area contributed by atoms with Crippen LogP contribution in [0.2, 0.25) is 0 Å². The Hall–Kier alpha value is -3.56. The Labute approximate surface area is 214 Å². The average molecular weight is 509 g/mol. The smallest absolute Gasteiger partial charge is 0.335 e. The highest BCUT2D eigenvalue weighted by molar-refractivity contribution is 5.90. The van der Waals surface area contributed by atoms with E-state index in [9.17, 15) is 13.2 Å². The van der Waals surface area contributed by atoms with Gasteiger partial charge in [0.05, 0.1) is 5.69 Å². The van der Waals surface area contributed by atoms with Gasteiger partial charge in [-0.3, -0.25) is 0 Å². The fraction of sp³-hybridized carbons (Fsp3) is 0.321. The lowest BCUT2D eigenvalue weighted by Crippen LogP contribution is -2.55. The number of piperazine rings is 1. The fourth-order valence-electron chi connectivity index (χ4n) is 4.25. The molecule has 0 radical (unpaired) electrons. The fourth-order valence-corrected chi connectivity index (χ4v) is 4.25. The second kappa shape index (κ2) is 11.2. The third-order valence-corrected chi connectivity index (χ3v) is 6.12.